The van der Waals surface area contributed by atoms with Gasteiger partial charge in [-0.1, -0.05) is 27.7 Å². The third-order valence-corrected chi connectivity index (χ3v) is 4.01. The summed E-state index contributed by atoms with van der Waals surface area (Å²) in [5.74, 6) is 1.12. The van der Waals surface area contributed by atoms with Crippen molar-refractivity contribution in [3.8, 4) is 0 Å². The minimum absolute atomic E-state index is 0.503. The Labute approximate surface area is 95.2 Å². The van der Waals surface area contributed by atoms with Crippen LogP contribution in [0.3, 0.4) is 0 Å². The first-order valence-electron chi connectivity index (χ1n) is 5.48. The first-order chi connectivity index (χ1) is 7.09. The van der Waals surface area contributed by atoms with Crippen LogP contribution in [0.4, 0.5) is 0 Å². The molecule has 0 radical (unpaired) electrons. The van der Waals surface area contributed by atoms with Crippen LogP contribution in [0.5, 0.6) is 0 Å². The van der Waals surface area contributed by atoms with Crippen molar-refractivity contribution < 1.29 is 0 Å². The van der Waals surface area contributed by atoms with Crippen LogP contribution in [0.25, 0.3) is 10.1 Å². The Morgan fingerprint density at radius 2 is 1.87 bits per heavy atom. The Morgan fingerprint density at radius 1 is 1.13 bits per heavy atom. The SMILES string of the molecule is CC(C)c1cc2c(C(C)C)nccc2s1. The molecule has 15 heavy (non-hydrogen) atoms. The number of hydrogen-bond acceptors (Lipinski definition) is 2. The molecule has 0 fully saturated rings. The molecule has 0 aromatic carbocycles. The van der Waals surface area contributed by atoms with Crippen molar-refractivity contribution in [1.29, 1.82) is 0 Å². The summed E-state index contributed by atoms with van der Waals surface area (Å²) in [6.45, 7) is 8.89. The van der Waals surface area contributed by atoms with E-state index in [1.54, 1.807) is 0 Å². The molecule has 2 aromatic rings. The maximum atomic E-state index is 4.49. The van der Waals surface area contributed by atoms with E-state index < -0.39 is 0 Å². The molecule has 1 nitrogen and oxygen atoms in total. The standard InChI is InChI=1S/C13H17NS/c1-8(2)12-7-10-11(15-12)5-6-14-13(10)9(3)4/h5-9H,1-4H3. The highest BCUT2D eigenvalue weighted by atomic mass is 32.1. The fourth-order valence-corrected chi connectivity index (χ4v) is 2.82. The lowest BCUT2D eigenvalue weighted by molar-refractivity contribution is 0.834. The van der Waals surface area contributed by atoms with Crippen molar-refractivity contribution in [3.63, 3.8) is 0 Å². The first kappa shape index (κ1) is 10.6. The van der Waals surface area contributed by atoms with Crippen LogP contribution in [0, 0.1) is 0 Å². The van der Waals surface area contributed by atoms with E-state index in [4.69, 9.17) is 0 Å². The molecule has 0 saturated heterocycles. The van der Waals surface area contributed by atoms with E-state index in [1.165, 1.54) is 20.7 Å². The Balaban J connectivity index is 2.64. The van der Waals surface area contributed by atoms with Crippen LogP contribution in [-0.4, -0.2) is 4.98 Å². The molecule has 2 heteroatoms. The van der Waals surface area contributed by atoms with Gasteiger partial charge in [-0.25, -0.2) is 0 Å². The maximum Gasteiger partial charge on any atom is 0.0515 e. The van der Waals surface area contributed by atoms with Crippen LogP contribution in [0.15, 0.2) is 18.3 Å². The van der Waals surface area contributed by atoms with Crippen LogP contribution >= 0.6 is 11.3 Å². The predicted octanol–water partition coefficient (Wildman–Crippen LogP) is 4.54. The molecule has 0 N–H and O–H groups in total. The lowest BCUT2D eigenvalue weighted by atomic mass is 10.1. The summed E-state index contributed by atoms with van der Waals surface area (Å²) in [4.78, 5) is 5.94. The lowest BCUT2D eigenvalue weighted by Gasteiger charge is -2.04. The highest BCUT2D eigenvalue weighted by Gasteiger charge is 2.11. The van der Waals surface area contributed by atoms with Crippen molar-refractivity contribution >= 4 is 21.4 Å². The highest BCUT2D eigenvalue weighted by molar-refractivity contribution is 7.19. The van der Waals surface area contributed by atoms with E-state index in [0.29, 0.717) is 11.8 Å². The average molecular weight is 219 g/mol. The number of thiophene rings is 1. The van der Waals surface area contributed by atoms with Gasteiger partial charge in [-0.2, -0.15) is 0 Å². The lowest BCUT2D eigenvalue weighted by Crippen LogP contribution is -1.91. The van der Waals surface area contributed by atoms with Gasteiger partial charge in [0.1, 0.15) is 0 Å². The molecule has 0 saturated carbocycles. The number of fused-ring (bicyclic) bond motifs is 1. The monoisotopic (exact) mass is 219 g/mol. The molecule has 0 aliphatic heterocycles. The van der Waals surface area contributed by atoms with E-state index in [0.717, 1.165) is 0 Å². The van der Waals surface area contributed by atoms with Gasteiger partial charge >= 0.3 is 0 Å². The van der Waals surface area contributed by atoms with Gasteiger partial charge in [-0.15, -0.1) is 11.3 Å². The third-order valence-electron chi connectivity index (χ3n) is 2.61. The second kappa shape index (κ2) is 3.93. The molecule has 2 heterocycles. The zero-order valence-corrected chi connectivity index (χ0v) is 10.6. The molecule has 0 amide bonds. The first-order valence-corrected chi connectivity index (χ1v) is 6.29. The molecule has 80 valence electrons. The average Bonchev–Trinajstić information content (AvgIpc) is 2.60. The van der Waals surface area contributed by atoms with Gasteiger partial charge in [0.05, 0.1) is 5.69 Å². The fourth-order valence-electron chi connectivity index (χ4n) is 1.75. The smallest absolute Gasteiger partial charge is 0.0515 e. The van der Waals surface area contributed by atoms with Crippen LogP contribution in [-0.2, 0) is 0 Å². The van der Waals surface area contributed by atoms with Crippen LogP contribution < -0.4 is 0 Å². The van der Waals surface area contributed by atoms with Crippen molar-refractivity contribution in [3.05, 3.63) is 28.9 Å². The van der Waals surface area contributed by atoms with Crippen LogP contribution in [0.1, 0.15) is 50.1 Å². The minimum Gasteiger partial charge on any atom is -0.260 e. The number of rotatable bonds is 2. The third kappa shape index (κ3) is 1.91. The Bertz CT molecular complexity index is 468. The summed E-state index contributed by atoms with van der Waals surface area (Å²) in [5, 5.41) is 1.35. The van der Waals surface area contributed by atoms with Gasteiger partial charge in [-0.3, -0.25) is 4.98 Å². The molecular weight excluding hydrogens is 202 g/mol. The van der Waals surface area contributed by atoms with Gasteiger partial charge in [0.2, 0.25) is 0 Å². The molecule has 0 unspecified atom stereocenters. The summed E-state index contributed by atoms with van der Waals surface area (Å²) >= 11 is 1.90. The molecule has 2 rings (SSSR count). The Hall–Kier alpha value is -0.890. The summed E-state index contributed by atoms with van der Waals surface area (Å²) < 4.78 is 1.37. The van der Waals surface area contributed by atoms with Crippen LogP contribution in [0.2, 0.25) is 0 Å². The molecule has 0 spiro atoms. The number of hydrogen-bond donors (Lipinski definition) is 0. The molecule has 2 aromatic heterocycles. The molecule has 0 bridgehead atoms. The molecule has 0 aliphatic carbocycles. The van der Waals surface area contributed by atoms with E-state index in [1.807, 2.05) is 17.5 Å². The number of pyridine rings is 1. The quantitative estimate of drug-likeness (QED) is 0.722. The van der Waals surface area contributed by atoms with E-state index in [-0.39, 0.29) is 0 Å². The molecular formula is C13H17NS. The zero-order valence-electron chi connectivity index (χ0n) is 9.74. The summed E-state index contributed by atoms with van der Waals surface area (Å²) in [6, 6.07) is 4.44. The zero-order chi connectivity index (χ0) is 11.0. The van der Waals surface area contributed by atoms with Gasteiger partial charge < -0.3 is 0 Å². The summed E-state index contributed by atoms with van der Waals surface area (Å²) in [6.07, 6.45) is 1.93. The summed E-state index contributed by atoms with van der Waals surface area (Å²) in [7, 11) is 0. The predicted molar refractivity (Wildman–Crippen MR) is 67.8 cm³/mol. The summed E-state index contributed by atoms with van der Waals surface area (Å²) in [5.41, 5.74) is 1.23. The number of nitrogens with zero attached hydrogens (tertiary/aromatic N) is 1. The maximum absolute atomic E-state index is 4.49. The van der Waals surface area contributed by atoms with Gasteiger partial charge in [0.15, 0.2) is 0 Å². The highest BCUT2D eigenvalue weighted by Crippen LogP contribution is 2.33. The van der Waals surface area contributed by atoms with Crippen molar-refractivity contribution in [2.75, 3.05) is 0 Å². The largest absolute Gasteiger partial charge is 0.260 e. The van der Waals surface area contributed by atoms with E-state index in [2.05, 4.69) is 44.8 Å². The minimum atomic E-state index is 0.503. The van der Waals surface area contributed by atoms with Crippen molar-refractivity contribution in [2.24, 2.45) is 0 Å². The van der Waals surface area contributed by atoms with Gasteiger partial charge in [0.25, 0.3) is 0 Å². The molecule has 0 atom stereocenters. The van der Waals surface area contributed by atoms with E-state index in [9.17, 15) is 0 Å². The topological polar surface area (TPSA) is 12.9 Å². The normalized spacial score (nSPS) is 11.9. The Kier molecular flexibility index (Phi) is 2.79. The molecule has 0 aliphatic rings. The van der Waals surface area contributed by atoms with E-state index >= 15 is 0 Å². The fraction of sp³-hybridized carbons (Fsp3) is 0.462. The van der Waals surface area contributed by atoms with Gasteiger partial charge in [0, 0.05) is 21.2 Å². The van der Waals surface area contributed by atoms with Crippen molar-refractivity contribution in [1.82, 2.24) is 4.98 Å². The Morgan fingerprint density at radius 3 is 2.47 bits per heavy atom. The van der Waals surface area contributed by atoms with Crippen molar-refractivity contribution in [2.45, 2.75) is 39.5 Å². The second-order valence-electron chi connectivity index (χ2n) is 4.57. The second-order valence-corrected chi connectivity index (χ2v) is 5.68. The van der Waals surface area contributed by atoms with Gasteiger partial charge in [-0.05, 0) is 24.0 Å². The number of aromatic nitrogens is 1.